The summed E-state index contributed by atoms with van der Waals surface area (Å²) < 4.78 is 4.93. The SMILES string of the molecule is CC(OC(=O)CNC(=O)c1cccc([N+](=O)[O-])c1)C(=O)Nc1ccc(Cl)cn1. The first kappa shape index (κ1) is 20.8. The van der Waals surface area contributed by atoms with E-state index < -0.39 is 35.4 Å². The molecule has 0 aliphatic heterocycles. The van der Waals surface area contributed by atoms with Crippen LogP contribution in [0.1, 0.15) is 17.3 Å². The number of ether oxygens (including phenoxy) is 1. The predicted molar refractivity (Wildman–Crippen MR) is 98.9 cm³/mol. The Bertz CT molecular complexity index is 903. The van der Waals surface area contributed by atoms with Crippen LogP contribution in [0.3, 0.4) is 0 Å². The van der Waals surface area contributed by atoms with Gasteiger partial charge in [-0.1, -0.05) is 17.7 Å². The molecule has 0 bridgehead atoms. The van der Waals surface area contributed by atoms with Crippen molar-refractivity contribution >= 4 is 40.9 Å². The zero-order valence-corrected chi connectivity index (χ0v) is 15.3. The van der Waals surface area contributed by atoms with Gasteiger partial charge in [-0.25, -0.2) is 4.98 Å². The number of hydrogen-bond acceptors (Lipinski definition) is 7. The number of nitro benzene ring substituents is 1. The van der Waals surface area contributed by atoms with Gasteiger partial charge in [0.05, 0.1) is 9.95 Å². The molecular weight excluding hydrogens is 392 g/mol. The molecule has 0 spiro atoms. The lowest BCUT2D eigenvalue weighted by Crippen LogP contribution is -2.36. The third-order valence-electron chi connectivity index (χ3n) is 3.37. The molecule has 11 heteroatoms. The number of carbonyl (C=O) groups is 3. The summed E-state index contributed by atoms with van der Waals surface area (Å²) in [7, 11) is 0. The number of nitro groups is 1. The number of pyridine rings is 1. The van der Waals surface area contributed by atoms with Gasteiger partial charge in [0, 0.05) is 23.9 Å². The third-order valence-corrected chi connectivity index (χ3v) is 3.59. The summed E-state index contributed by atoms with van der Waals surface area (Å²) in [6.07, 6.45) is 0.205. The standard InChI is InChI=1S/C17H15ClN4O6/c1-10(16(24)21-14-6-5-12(18)8-19-14)28-15(23)9-20-17(25)11-3-2-4-13(7-11)22(26)27/h2-8,10H,9H2,1H3,(H,20,25)(H,19,21,24). The molecule has 1 heterocycles. The Hall–Kier alpha value is -3.53. The van der Waals surface area contributed by atoms with Gasteiger partial charge >= 0.3 is 5.97 Å². The largest absolute Gasteiger partial charge is 0.451 e. The number of non-ortho nitro benzene ring substituents is 1. The Balaban J connectivity index is 1.83. The number of halogens is 1. The fourth-order valence-electron chi connectivity index (χ4n) is 1.99. The summed E-state index contributed by atoms with van der Waals surface area (Å²) in [6.45, 7) is 0.837. The quantitative estimate of drug-likeness (QED) is 0.406. The van der Waals surface area contributed by atoms with E-state index in [0.717, 1.165) is 6.07 Å². The monoisotopic (exact) mass is 406 g/mol. The molecule has 2 aromatic rings. The second-order valence-electron chi connectivity index (χ2n) is 5.47. The molecule has 0 fully saturated rings. The van der Waals surface area contributed by atoms with Gasteiger partial charge in [-0.15, -0.1) is 0 Å². The van der Waals surface area contributed by atoms with Crippen LogP contribution >= 0.6 is 11.6 Å². The van der Waals surface area contributed by atoms with Crippen LogP contribution in [-0.4, -0.2) is 40.3 Å². The minimum absolute atomic E-state index is 0.0154. The van der Waals surface area contributed by atoms with Crippen LogP contribution in [0, 0.1) is 10.1 Å². The molecule has 2 N–H and O–H groups in total. The summed E-state index contributed by atoms with van der Waals surface area (Å²) in [5, 5.41) is 15.8. The van der Waals surface area contributed by atoms with E-state index in [-0.39, 0.29) is 17.1 Å². The Morgan fingerprint density at radius 3 is 2.68 bits per heavy atom. The first-order valence-electron chi connectivity index (χ1n) is 7.91. The van der Waals surface area contributed by atoms with E-state index in [0.29, 0.717) is 5.02 Å². The minimum Gasteiger partial charge on any atom is -0.451 e. The minimum atomic E-state index is -1.14. The van der Waals surface area contributed by atoms with Crippen molar-refractivity contribution < 1.29 is 24.0 Å². The van der Waals surface area contributed by atoms with E-state index in [9.17, 15) is 24.5 Å². The van der Waals surface area contributed by atoms with Gasteiger partial charge in [0.15, 0.2) is 6.10 Å². The predicted octanol–water partition coefficient (Wildman–Crippen LogP) is 1.94. The van der Waals surface area contributed by atoms with Crippen molar-refractivity contribution in [3.8, 4) is 0 Å². The molecule has 0 saturated heterocycles. The second-order valence-corrected chi connectivity index (χ2v) is 5.91. The maximum atomic E-state index is 12.0. The molecule has 10 nitrogen and oxygen atoms in total. The van der Waals surface area contributed by atoms with Crippen molar-refractivity contribution in [3.63, 3.8) is 0 Å². The number of carbonyl (C=O) groups excluding carboxylic acids is 3. The van der Waals surface area contributed by atoms with Crippen LogP contribution in [0.25, 0.3) is 0 Å². The van der Waals surface area contributed by atoms with Crippen molar-refractivity contribution in [2.24, 2.45) is 0 Å². The van der Waals surface area contributed by atoms with Crippen LogP contribution in [-0.2, 0) is 14.3 Å². The number of benzene rings is 1. The molecule has 146 valence electrons. The summed E-state index contributed by atoms with van der Waals surface area (Å²) in [5.74, 6) is -1.93. The Morgan fingerprint density at radius 1 is 1.29 bits per heavy atom. The average molecular weight is 407 g/mol. The molecule has 2 amide bonds. The number of aromatic nitrogens is 1. The van der Waals surface area contributed by atoms with Gasteiger partial charge in [0.2, 0.25) is 0 Å². The number of rotatable bonds is 7. The lowest BCUT2D eigenvalue weighted by molar-refractivity contribution is -0.384. The molecule has 28 heavy (non-hydrogen) atoms. The molecule has 1 atom stereocenters. The summed E-state index contributed by atoms with van der Waals surface area (Å²) in [6, 6.07) is 8.04. The van der Waals surface area contributed by atoms with Gasteiger partial charge in [0.1, 0.15) is 12.4 Å². The first-order chi connectivity index (χ1) is 13.3. The highest BCUT2D eigenvalue weighted by Gasteiger charge is 2.19. The lowest BCUT2D eigenvalue weighted by atomic mass is 10.2. The number of nitrogens with zero attached hydrogens (tertiary/aromatic N) is 2. The summed E-state index contributed by atoms with van der Waals surface area (Å²) in [4.78, 5) is 49.7. The highest BCUT2D eigenvalue weighted by molar-refractivity contribution is 6.30. The zero-order chi connectivity index (χ0) is 20.7. The van der Waals surface area contributed by atoms with Crippen LogP contribution in [0.5, 0.6) is 0 Å². The highest BCUT2D eigenvalue weighted by atomic mass is 35.5. The van der Waals surface area contributed by atoms with Crippen LogP contribution in [0.15, 0.2) is 42.6 Å². The molecular formula is C17H15ClN4O6. The van der Waals surface area contributed by atoms with E-state index in [2.05, 4.69) is 15.6 Å². The maximum absolute atomic E-state index is 12.0. The van der Waals surface area contributed by atoms with Gasteiger partial charge in [0.25, 0.3) is 17.5 Å². The maximum Gasteiger partial charge on any atom is 0.326 e. The summed E-state index contributed by atoms with van der Waals surface area (Å²) in [5.41, 5.74) is -0.238. The Labute approximate surface area is 164 Å². The summed E-state index contributed by atoms with van der Waals surface area (Å²) >= 11 is 5.70. The molecule has 0 saturated carbocycles. The van der Waals surface area contributed by atoms with Crippen molar-refractivity contribution in [2.45, 2.75) is 13.0 Å². The van der Waals surface area contributed by atoms with Crippen molar-refractivity contribution in [2.75, 3.05) is 11.9 Å². The van der Waals surface area contributed by atoms with Gasteiger partial charge < -0.3 is 15.4 Å². The topological polar surface area (TPSA) is 141 Å². The molecule has 1 unspecified atom stereocenters. The van der Waals surface area contributed by atoms with Crippen LogP contribution < -0.4 is 10.6 Å². The van der Waals surface area contributed by atoms with E-state index in [1.54, 1.807) is 0 Å². The van der Waals surface area contributed by atoms with Crippen molar-refractivity contribution in [3.05, 3.63) is 63.3 Å². The van der Waals surface area contributed by atoms with Crippen LogP contribution in [0.4, 0.5) is 11.5 Å². The van der Waals surface area contributed by atoms with E-state index in [4.69, 9.17) is 16.3 Å². The molecule has 1 aromatic carbocycles. The fraction of sp³-hybridized carbons (Fsp3) is 0.176. The smallest absolute Gasteiger partial charge is 0.326 e. The molecule has 0 aliphatic carbocycles. The van der Waals surface area contributed by atoms with E-state index >= 15 is 0 Å². The van der Waals surface area contributed by atoms with Gasteiger partial charge in [-0.3, -0.25) is 24.5 Å². The second kappa shape index (κ2) is 9.42. The Kier molecular flexibility index (Phi) is 6.99. The van der Waals surface area contributed by atoms with Gasteiger partial charge in [-0.2, -0.15) is 0 Å². The number of esters is 1. The van der Waals surface area contributed by atoms with E-state index in [1.165, 1.54) is 43.5 Å². The van der Waals surface area contributed by atoms with Gasteiger partial charge in [-0.05, 0) is 25.1 Å². The normalized spacial score (nSPS) is 11.2. The van der Waals surface area contributed by atoms with Crippen molar-refractivity contribution in [1.82, 2.24) is 10.3 Å². The lowest BCUT2D eigenvalue weighted by Gasteiger charge is -2.13. The molecule has 1 aromatic heterocycles. The number of hydrogen-bond donors (Lipinski definition) is 2. The van der Waals surface area contributed by atoms with Crippen LogP contribution in [0.2, 0.25) is 5.02 Å². The average Bonchev–Trinajstić information content (AvgIpc) is 2.67. The number of nitrogens with one attached hydrogen (secondary N) is 2. The number of anilines is 1. The number of amides is 2. The highest BCUT2D eigenvalue weighted by Crippen LogP contribution is 2.13. The first-order valence-corrected chi connectivity index (χ1v) is 8.28. The fourth-order valence-corrected chi connectivity index (χ4v) is 2.10. The Morgan fingerprint density at radius 2 is 2.04 bits per heavy atom. The molecule has 0 radical (unpaired) electrons. The van der Waals surface area contributed by atoms with E-state index in [1.807, 2.05) is 0 Å². The van der Waals surface area contributed by atoms with Crippen molar-refractivity contribution in [1.29, 1.82) is 0 Å². The molecule has 0 aliphatic rings. The molecule has 2 rings (SSSR count). The zero-order valence-electron chi connectivity index (χ0n) is 14.5. The third kappa shape index (κ3) is 6.02.